The Hall–Kier alpha value is -1.63. The number of hydrogen-bond acceptors (Lipinski definition) is 3. The minimum atomic E-state index is -0.284. The molecule has 1 rings (SSSR count). The first kappa shape index (κ1) is 15.4. The molecule has 2 unspecified atom stereocenters. The zero-order valence-corrected chi connectivity index (χ0v) is 11.6. The summed E-state index contributed by atoms with van der Waals surface area (Å²) in [5.74, 6) is 0.329. The summed E-state index contributed by atoms with van der Waals surface area (Å²) in [5.41, 5.74) is 1.75. The zero-order valence-electron chi connectivity index (χ0n) is 11.6. The van der Waals surface area contributed by atoms with E-state index in [4.69, 9.17) is 5.26 Å². The van der Waals surface area contributed by atoms with Crippen molar-refractivity contribution in [2.45, 2.75) is 26.4 Å². The summed E-state index contributed by atoms with van der Waals surface area (Å²) < 4.78 is 0. The predicted octanol–water partition coefficient (Wildman–Crippen LogP) is 2.57. The Bertz CT molecular complexity index is 431. The van der Waals surface area contributed by atoms with Crippen LogP contribution in [-0.4, -0.2) is 24.3 Å². The minimum Gasteiger partial charge on any atom is -0.392 e. The second-order valence-corrected chi connectivity index (χ2v) is 4.75. The highest BCUT2D eigenvalue weighted by Gasteiger charge is 2.10. The van der Waals surface area contributed by atoms with Crippen LogP contribution in [0.25, 0.3) is 6.08 Å². The van der Waals surface area contributed by atoms with Crippen molar-refractivity contribution in [3.63, 3.8) is 0 Å². The summed E-state index contributed by atoms with van der Waals surface area (Å²) in [7, 11) is 0. The fourth-order valence-electron chi connectivity index (χ4n) is 1.65. The molecule has 1 aromatic rings. The van der Waals surface area contributed by atoms with Crippen molar-refractivity contribution in [2.75, 3.05) is 13.1 Å². The van der Waals surface area contributed by atoms with Crippen LogP contribution in [0.1, 0.15) is 31.4 Å². The molecule has 0 bridgehead atoms. The number of rotatable bonds is 7. The normalized spacial score (nSPS) is 14.2. The molecule has 0 amide bonds. The Morgan fingerprint density at radius 2 is 2.05 bits per heavy atom. The van der Waals surface area contributed by atoms with Gasteiger partial charge >= 0.3 is 0 Å². The zero-order chi connectivity index (χ0) is 14.1. The molecule has 2 N–H and O–H groups in total. The number of nitrogens with one attached hydrogen (secondary N) is 1. The lowest BCUT2D eigenvalue weighted by molar-refractivity contribution is 0.114. The van der Waals surface area contributed by atoms with Gasteiger partial charge in [-0.2, -0.15) is 5.26 Å². The van der Waals surface area contributed by atoms with Gasteiger partial charge in [-0.3, -0.25) is 0 Å². The van der Waals surface area contributed by atoms with Gasteiger partial charge in [-0.1, -0.05) is 44.6 Å². The van der Waals surface area contributed by atoms with Crippen molar-refractivity contribution in [3.8, 4) is 6.07 Å². The number of aliphatic hydroxyl groups is 1. The topological polar surface area (TPSA) is 56.0 Å². The molecule has 19 heavy (non-hydrogen) atoms. The predicted molar refractivity (Wildman–Crippen MR) is 78.5 cm³/mol. The van der Waals surface area contributed by atoms with Crippen LogP contribution < -0.4 is 5.32 Å². The van der Waals surface area contributed by atoms with Crippen LogP contribution in [0.15, 0.2) is 30.3 Å². The van der Waals surface area contributed by atoms with E-state index in [1.807, 2.05) is 24.3 Å². The van der Waals surface area contributed by atoms with Gasteiger partial charge in [0.1, 0.15) is 0 Å². The molecule has 2 atom stereocenters. The third kappa shape index (κ3) is 5.69. The second-order valence-electron chi connectivity index (χ2n) is 4.75. The SMILES string of the molecule is CCC(C)C(O)CNC/C=C/c1ccc(C#N)cc1. The van der Waals surface area contributed by atoms with Crippen LogP contribution in [0.4, 0.5) is 0 Å². The molecule has 0 saturated carbocycles. The van der Waals surface area contributed by atoms with E-state index in [0.717, 1.165) is 18.5 Å². The molecular weight excluding hydrogens is 236 g/mol. The van der Waals surface area contributed by atoms with E-state index in [2.05, 4.69) is 25.2 Å². The standard InChI is InChI=1S/C16H22N2O/c1-3-13(2)16(19)12-18-10-4-5-14-6-8-15(11-17)9-7-14/h4-9,13,16,18-19H,3,10,12H2,1-2H3/b5-4+. The van der Waals surface area contributed by atoms with E-state index in [1.165, 1.54) is 0 Å². The summed E-state index contributed by atoms with van der Waals surface area (Å²) in [6.45, 7) is 5.48. The maximum atomic E-state index is 9.77. The molecule has 0 saturated heterocycles. The van der Waals surface area contributed by atoms with Gasteiger partial charge in [-0.05, 0) is 23.6 Å². The van der Waals surface area contributed by atoms with Crippen molar-refractivity contribution >= 4 is 6.08 Å². The first-order valence-corrected chi connectivity index (χ1v) is 6.72. The van der Waals surface area contributed by atoms with Crippen LogP contribution in [-0.2, 0) is 0 Å². The van der Waals surface area contributed by atoms with E-state index in [1.54, 1.807) is 12.1 Å². The number of benzene rings is 1. The molecule has 0 aromatic heterocycles. The lowest BCUT2D eigenvalue weighted by atomic mass is 10.0. The summed E-state index contributed by atoms with van der Waals surface area (Å²) in [5, 5.41) is 21.7. The lowest BCUT2D eigenvalue weighted by Gasteiger charge is -2.16. The molecule has 0 spiro atoms. The second kappa shape index (κ2) is 8.47. The molecule has 102 valence electrons. The van der Waals surface area contributed by atoms with Gasteiger partial charge in [-0.25, -0.2) is 0 Å². The highest BCUT2D eigenvalue weighted by atomic mass is 16.3. The Kier molecular flexibility index (Phi) is 6.88. The number of aliphatic hydroxyl groups excluding tert-OH is 1. The third-order valence-electron chi connectivity index (χ3n) is 3.27. The van der Waals surface area contributed by atoms with Crippen molar-refractivity contribution in [2.24, 2.45) is 5.92 Å². The molecule has 1 aromatic carbocycles. The van der Waals surface area contributed by atoms with E-state index >= 15 is 0 Å². The molecule has 3 nitrogen and oxygen atoms in total. The number of nitrogens with zero attached hydrogens (tertiary/aromatic N) is 1. The summed E-state index contributed by atoms with van der Waals surface area (Å²) in [6, 6.07) is 9.54. The molecule has 0 radical (unpaired) electrons. The van der Waals surface area contributed by atoms with E-state index < -0.39 is 0 Å². The maximum absolute atomic E-state index is 9.77. The van der Waals surface area contributed by atoms with Gasteiger partial charge in [0.2, 0.25) is 0 Å². The van der Waals surface area contributed by atoms with Crippen molar-refractivity contribution in [3.05, 3.63) is 41.5 Å². The Labute approximate surface area is 115 Å². The van der Waals surface area contributed by atoms with Crippen LogP contribution >= 0.6 is 0 Å². The highest BCUT2D eigenvalue weighted by molar-refractivity contribution is 5.51. The van der Waals surface area contributed by atoms with Crippen LogP contribution in [0.5, 0.6) is 0 Å². The van der Waals surface area contributed by atoms with Gasteiger partial charge in [0.15, 0.2) is 0 Å². The average molecular weight is 258 g/mol. The number of hydrogen-bond donors (Lipinski definition) is 2. The van der Waals surface area contributed by atoms with E-state index in [-0.39, 0.29) is 6.10 Å². The van der Waals surface area contributed by atoms with Crippen LogP contribution in [0, 0.1) is 17.2 Å². The van der Waals surface area contributed by atoms with Crippen LogP contribution in [0.2, 0.25) is 0 Å². The maximum Gasteiger partial charge on any atom is 0.0991 e. The monoisotopic (exact) mass is 258 g/mol. The molecular formula is C16H22N2O. The molecule has 0 aliphatic heterocycles. The van der Waals surface area contributed by atoms with Crippen LogP contribution in [0.3, 0.4) is 0 Å². The molecule has 0 aliphatic rings. The van der Waals surface area contributed by atoms with Gasteiger partial charge in [0, 0.05) is 13.1 Å². The van der Waals surface area contributed by atoms with Gasteiger partial charge in [0.05, 0.1) is 17.7 Å². The fraction of sp³-hybridized carbons (Fsp3) is 0.438. The Morgan fingerprint density at radius 3 is 2.63 bits per heavy atom. The minimum absolute atomic E-state index is 0.284. The van der Waals surface area contributed by atoms with Crippen molar-refractivity contribution < 1.29 is 5.11 Å². The fourth-order valence-corrected chi connectivity index (χ4v) is 1.65. The summed E-state index contributed by atoms with van der Waals surface area (Å²) in [4.78, 5) is 0. The van der Waals surface area contributed by atoms with Gasteiger partial charge in [0.25, 0.3) is 0 Å². The summed E-state index contributed by atoms with van der Waals surface area (Å²) >= 11 is 0. The van der Waals surface area contributed by atoms with Gasteiger partial charge < -0.3 is 10.4 Å². The molecule has 0 fully saturated rings. The first-order valence-electron chi connectivity index (χ1n) is 6.72. The number of nitriles is 1. The average Bonchev–Trinajstić information content (AvgIpc) is 2.46. The first-order chi connectivity index (χ1) is 9.17. The van der Waals surface area contributed by atoms with Crippen molar-refractivity contribution in [1.82, 2.24) is 5.32 Å². The van der Waals surface area contributed by atoms with E-state index in [0.29, 0.717) is 18.0 Å². The lowest BCUT2D eigenvalue weighted by Crippen LogP contribution is -2.31. The van der Waals surface area contributed by atoms with Crippen molar-refractivity contribution in [1.29, 1.82) is 5.26 Å². The molecule has 0 aliphatic carbocycles. The Balaban J connectivity index is 2.28. The molecule has 0 heterocycles. The molecule has 3 heteroatoms. The quantitative estimate of drug-likeness (QED) is 0.739. The summed E-state index contributed by atoms with van der Waals surface area (Å²) in [6.07, 6.45) is 4.73. The smallest absolute Gasteiger partial charge is 0.0991 e. The highest BCUT2D eigenvalue weighted by Crippen LogP contribution is 2.06. The largest absolute Gasteiger partial charge is 0.392 e. The third-order valence-corrected chi connectivity index (χ3v) is 3.27. The van der Waals surface area contributed by atoms with E-state index in [9.17, 15) is 5.11 Å². The Morgan fingerprint density at radius 1 is 1.37 bits per heavy atom. The van der Waals surface area contributed by atoms with Gasteiger partial charge in [-0.15, -0.1) is 0 Å².